The molecular formula is C13H19NO. The molecule has 2 atom stereocenters. The first-order valence-electron chi connectivity index (χ1n) is 5.61. The fourth-order valence-corrected chi connectivity index (χ4v) is 2.56. The maximum Gasteiger partial charge on any atom is 0.119 e. The van der Waals surface area contributed by atoms with Crippen molar-refractivity contribution in [2.75, 3.05) is 13.7 Å². The Morgan fingerprint density at radius 2 is 2.27 bits per heavy atom. The average Bonchev–Trinajstić information content (AvgIpc) is 2.27. The van der Waals surface area contributed by atoms with Gasteiger partial charge in [-0.3, -0.25) is 0 Å². The molecule has 2 nitrogen and oxygen atoms in total. The molecular weight excluding hydrogens is 186 g/mol. The molecule has 0 radical (unpaired) electrons. The molecule has 0 saturated heterocycles. The summed E-state index contributed by atoms with van der Waals surface area (Å²) in [6, 6.07) is 6.38. The normalized spacial score (nSPS) is 24.7. The van der Waals surface area contributed by atoms with Crippen molar-refractivity contribution in [1.82, 2.24) is 0 Å². The average molecular weight is 205 g/mol. The number of hydrogen-bond donors (Lipinski definition) is 1. The van der Waals surface area contributed by atoms with Gasteiger partial charge in [-0.25, -0.2) is 0 Å². The fraction of sp³-hybridized carbons (Fsp3) is 0.538. The first-order valence-corrected chi connectivity index (χ1v) is 5.61. The standard InChI is InChI=1S/C13H19NO/c1-9-5-10-3-4-12(15-2)7-13(10)11(6-9)8-14/h3-4,7,9,11H,5-6,8,14H2,1-2H3. The molecule has 2 rings (SSSR count). The van der Waals surface area contributed by atoms with Crippen LogP contribution in [0.15, 0.2) is 18.2 Å². The zero-order chi connectivity index (χ0) is 10.8. The summed E-state index contributed by atoms with van der Waals surface area (Å²) in [6.45, 7) is 3.04. The van der Waals surface area contributed by atoms with E-state index < -0.39 is 0 Å². The molecule has 0 aromatic heterocycles. The lowest BCUT2D eigenvalue weighted by Crippen LogP contribution is -2.22. The number of rotatable bonds is 2. The molecule has 0 aliphatic heterocycles. The van der Waals surface area contributed by atoms with Gasteiger partial charge in [0, 0.05) is 0 Å². The van der Waals surface area contributed by atoms with Crippen molar-refractivity contribution >= 4 is 0 Å². The molecule has 2 N–H and O–H groups in total. The lowest BCUT2D eigenvalue weighted by Gasteiger charge is -2.29. The number of hydrogen-bond acceptors (Lipinski definition) is 2. The molecule has 1 aromatic carbocycles. The van der Waals surface area contributed by atoms with Gasteiger partial charge in [-0.15, -0.1) is 0 Å². The van der Waals surface area contributed by atoms with Gasteiger partial charge in [-0.2, -0.15) is 0 Å². The van der Waals surface area contributed by atoms with E-state index in [9.17, 15) is 0 Å². The summed E-state index contributed by atoms with van der Waals surface area (Å²) in [5.74, 6) is 2.21. The maximum atomic E-state index is 5.83. The molecule has 0 bridgehead atoms. The molecule has 0 heterocycles. The largest absolute Gasteiger partial charge is 0.497 e. The number of ether oxygens (including phenoxy) is 1. The molecule has 1 aliphatic carbocycles. The summed E-state index contributed by atoms with van der Waals surface area (Å²) >= 11 is 0. The molecule has 2 heteroatoms. The van der Waals surface area contributed by atoms with Gasteiger partial charge in [-0.1, -0.05) is 13.0 Å². The molecule has 0 fully saturated rings. The Morgan fingerprint density at radius 1 is 1.47 bits per heavy atom. The first kappa shape index (κ1) is 10.5. The van der Waals surface area contributed by atoms with Crippen LogP contribution in [0.3, 0.4) is 0 Å². The van der Waals surface area contributed by atoms with E-state index in [1.54, 1.807) is 7.11 Å². The highest BCUT2D eigenvalue weighted by molar-refractivity contribution is 5.40. The van der Waals surface area contributed by atoms with E-state index in [0.29, 0.717) is 5.92 Å². The zero-order valence-electron chi connectivity index (χ0n) is 9.49. The summed E-state index contributed by atoms with van der Waals surface area (Å²) in [5.41, 5.74) is 8.68. The second-order valence-corrected chi connectivity index (χ2v) is 4.54. The van der Waals surface area contributed by atoms with Gasteiger partial charge in [0.25, 0.3) is 0 Å². The Balaban J connectivity index is 2.38. The number of benzene rings is 1. The van der Waals surface area contributed by atoms with Crippen LogP contribution >= 0.6 is 0 Å². The number of nitrogens with two attached hydrogens (primary N) is 1. The second-order valence-electron chi connectivity index (χ2n) is 4.54. The topological polar surface area (TPSA) is 35.2 Å². The summed E-state index contributed by atoms with van der Waals surface area (Å²) < 4.78 is 5.26. The Hall–Kier alpha value is -1.02. The minimum atomic E-state index is 0.513. The van der Waals surface area contributed by atoms with Crippen molar-refractivity contribution in [3.05, 3.63) is 29.3 Å². The molecule has 1 aromatic rings. The van der Waals surface area contributed by atoms with Crippen molar-refractivity contribution in [2.45, 2.75) is 25.7 Å². The van der Waals surface area contributed by atoms with Crippen molar-refractivity contribution < 1.29 is 4.74 Å². The van der Waals surface area contributed by atoms with Crippen LogP contribution < -0.4 is 10.5 Å². The van der Waals surface area contributed by atoms with Crippen LogP contribution in [0, 0.1) is 5.92 Å². The highest BCUT2D eigenvalue weighted by Gasteiger charge is 2.23. The van der Waals surface area contributed by atoms with Gasteiger partial charge in [0.05, 0.1) is 7.11 Å². The summed E-state index contributed by atoms with van der Waals surface area (Å²) in [7, 11) is 1.71. The highest BCUT2D eigenvalue weighted by atomic mass is 16.5. The molecule has 0 spiro atoms. The van der Waals surface area contributed by atoms with E-state index >= 15 is 0 Å². The van der Waals surface area contributed by atoms with E-state index in [0.717, 1.165) is 18.2 Å². The van der Waals surface area contributed by atoms with Crippen LogP contribution in [0.4, 0.5) is 0 Å². The van der Waals surface area contributed by atoms with Gasteiger partial charge in [0.15, 0.2) is 0 Å². The van der Waals surface area contributed by atoms with Crippen LogP contribution in [0.25, 0.3) is 0 Å². The summed E-state index contributed by atoms with van der Waals surface area (Å²) in [4.78, 5) is 0. The molecule has 82 valence electrons. The van der Waals surface area contributed by atoms with E-state index in [1.165, 1.54) is 24.0 Å². The zero-order valence-corrected chi connectivity index (χ0v) is 9.49. The van der Waals surface area contributed by atoms with Gasteiger partial charge in [0.2, 0.25) is 0 Å². The molecule has 0 amide bonds. The lowest BCUT2D eigenvalue weighted by molar-refractivity contribution is 0.406. The van der Waals surface area contributed by atoms with Crippen molar-refractivity contribution in [3.63, 3.8) is 0 Å². The van der Waals surface area contributed by atoms with E-state index in [1.807, 2.05) is 6.07 Å². The lowest BCUT2D eigenvalue weighted by atomic mass is 9.77. The van der Waals surface area contributed by atoms with Crippen LogP contribution in [-0.2, 0) is 6.42 Å². The number of methoxy groups -OCH3 is 1. The maximum absolute atomic E-state index is 5.83. The Labute approximate surface area is 91.4 Å². The minimum Gasteiger partial charge on any atom is -0.497 e. The van der Waals surface area contributed by atoms with E-state index in [2.05, 4.69) is 19.1 Å². The predicted molar refractivity (Wildman–Crippen MR) is 62.3 cm³/mol. The summed E-state index contributed by atoms with van der Waals surface area (Å²) in [5, 5.41) is 0. The Morgan fingerprint density at radius 3 is 2.93 bits per heavy atom. The molecule has 2 unspecified atom stereocenters. The highest BCUT2D eigenvalue weighted by Crippen LogP contribution is 2.35. The second kappa shape index (κ2) is 4.23. The SMILES string of the molecule is COc1ccc2c(c1)C(CN)CC(C)C2. The van der Waals surface area contributed by atoms with Crippen LogP contribution in [0.1, 0.15) is 30.4 Å². The third-order valence-electron chi connectivity index (χ3n) is 3.33. The van der Waals surface area contributed by atoms with Crippen molar-refractivity contribution in [1.29, 1.82) is 0 Å². The molecule has 0 saturated carbocycles. The molecule has 15 heavy (non-hydrogen) atoms. The third-order valence-corrected chi connectivity index (χ3v) is 3.33. The van der Waals surface area contributed by atoms with E-state index in [4.69, 9.17) is 10.5 Å². The van der Waals surface area contributed by atoms with E-state index in [-0.39, 0.29) is 0 Å². The predicted octanol–water partition coefficient (Wildman–Crippen LogP) is 2.32. The van der Waals surface area contributed by atoms with Crippen molar-refractivity contribution in [2.24, 2.45) is 11.7 Å². The monoisotopic (exact) mass is 205 g/mol. The molecule has 1 aliphatic rings. The Kier molecular flexibility index (Phi) is 2.96. The van der Waals surface area contributed by atoms with Crippen LogP contribution in [0.2, 0.25) is 0 Å². The summed E-state index contributed by atoms with van der Waals surface area (Å²) in [6.07, 6.45) is 2.38. The fourth-order valence-electron chi connectivity index (χ4n) is 2.56. The van der Waals surface area contributed by atoms with Gasteiger partial charge < -0.3 is 10.5 Å². The third kappa shape index (κ3) is 2.00. The Bertz CT molecular complexity index is 348. The van der Waals surface area contributed by atoms with Gasteiger partial charge in [0.1, 0.15) is 5.75 Å². The van der Waals surface area contributed by atoms with Crippen LogP contribution in [-0.4, -0.2) is 13.7 Å². The van der Waals surface area contributed by atoms with Crippen LogP contribution in [0.5, 0.6) is 5.75 Å². The van der Waals surface area contributed by atoms with Crippen molar-refractivity contribution in [3.8, 4) is 5.75 Å². The smallest absolute Gasteiger partial charge is 0.119 e. The number of fused-ring (bicyclic) bond motifs is 1. The van der Waals surface area contributed by atoms with Gasteiger partial charge in [-0.05, 0) is 54.5 Å². The quantitative estimate of drug-likeness (QED) is 0.804. The first-order chi connectivity index (χ1) is 7.24. The minimum absolute atomic E-state index is 0.513. The van der Waals surface area contributed by atoms with Gasteiger partial charge >= 0.3 is 0 Å².